The summed E-state index contributed by atoms with van der Waals surface area (Å²) in [4.78, 5) is 19.0. The Labute approximate surface area is 195 Å². The Balaban J connectivity index is 1.67. The molecule has 2 heterocycles. The van der Waals surface area contributed by atoms with Crippen LogP contribution in [0.15, 0.2) is 72.8 Å². The van der Waals surface area contributed by atoms with E-state index in [1.807, 2.05) is 30.3 Å². The molecule has 34 heavy (non-hydrogen) atoms. The van der Waals surface area contributed by atoms with Crippen molar-refractivity contribution < 1.29 is 17.9 Å². The van der Waals surface area contributed by atoms with Gasteiger partial charge in [0.1, 0.15) is 11.0 Å². The zero-order chi connectivity index (χ0) is 23.9. The minimum absolute atomic E-state index is 0.312. The van der Waals surface area contributed by atoms with Gasteiger partial charge in [-0.15, -0.1) is 10.2 Å². The van der Waals surface area contributed by atoms with Crippen molar-refractivity contribution in [2.24, 2.45) is 0 Å². The molecule has 5 aromatic rings. The molecule has 1 N–H and O–H groups in total. The van der Waals surface area contributed by atoms with Crippen molar-refractivity contribution in [3.8, 4) is 16.9 Å². The number of esters is 1. The Morgan fingerprint density at radius 2 is 1.65 bits per heavy atom. The average molecular weight is 474 g/mol. The molecule has 0 spiro atoms. The van der Waals surface area contributed by atoms with Crippen molar-refractivity contribution >= 4 is 43.6 Å². The van der Waals surface area contributed by atoms with Crippen molar-refractivity contribution in [2.45, 2.75) is 0 Å². The number of aromatic nitrogens is 4. The molecular weight excluding hydrogens is 454 g/mol. The summed E-state index contributed by atoms with van der Waals surface area (Å²) in [6.45, 7) is 0. The minimum atomic E-state index is -3.39. The number of hydrogen-bond donors (Lipinski definition) is 1. The molecule has 0 atom stereocenters. The molecule has 0 amide bonds. The number of pyridine rings is 1. The van der Waals surface area contributed by atoms with Gasteiger partial charge in [-0.05, 0) is 42.5 Å². The Morgan fingerprint density at radius 3 is 2.32 bits per heavy atom. The van der Waals surface area contributed by atoms with Crippen LogP contribution >= 0.6 is 0 Å². The van der Waals surface area contributed by atoms with E-state index in [9.17, 15) is 13.2 Å². The normalized spacial score (nSPS) is 11.6. The Bertz CT molecular complexity index is 1650. The summed E-state index contributed by atoms with van der Waals surface area (Å²) in [6, 6.07) is 21.4. The number of benzene rings is 3. The van der Waals surface area contributed by atoms with Crippen LogP contribution in [0.4, 0.5) is 5.69 Å². The van der Waals surface area contributed by atoms with E-state index >= 15 is 0 Å². The lowest BCUT2D eigenvalue weighted by Gasteiger charge is -2.10. The number of nitrogens with zero attached hydrogens (tertiary/aromatic N) is 4. The van der Waals surface area contributed by atoms with Crippen LogP contribution in [0, 0.1) is 0 Å². The molecule has 0 radical (unpaired) electrons. The fraction of sp³-hybridized carbons (Fsp3) is 0.0833. The number of hydrogen-bond acceptors (Lipinski definition) is 7. The number of fused-ring (bicyclic) bond motifs is 3. The molecular formula is C24H19N5O4S. The quantitative estimate of drug-likeness (QED) is 0.386. The molecule has 0 saturated heterocycles. The van der Waals surface area contributed by atoms with E-state index in [1.165, 1.54) is 11.9 Å². The van der Waals surface area contributed by atoms with Crippen LogP contribution in [0.3, 0.4) is 0 Å². The van der Waals surface area contributed by atoms with Crippen LogP contribution in [-0.2, 0) is 14.8 Å². The second kappa shape index (κ2) is 8.23. The first-order valence-corrected chi connectivity index (χ1v) is 12.1. The van der Waals surface area contributed by atoms with E-state index < -0.39 is 16.0 Å². The maximum absolute atomic E-state index is 12.8. The molecule has 0 bridgehead atoms. The van der Waals surface area contributed by atoms with Gasteiger partial charge in [0.25, 0.3) is 0 Å². The number of ether oxygens (including phenoxy) is 1. The van der Waals surface area contributed by atoms with E-state index in [-0.39, 0.29) is 0 Å². The highest BCUT2D eigenvalue weighted by molar-refractivity contribution is 7.92. The summed E-state index contributed by atoms with van der Waals surface area (Å²) < 4.78 is 30.4. The summed E-state index contributed by atoms with van der Waals surface area (Å²) in [6.07, 6.45) is 1.09. The third-order valence-corrected chi connectivity index (χ3v) is 5.81. The minimum Gasteiger partial charge on any atom is -0.465 e. The topological polar surface area (TPSA) is 116 Å². The standard InChI is InChI=1S/C24H19N5O4S/c1-33-24(30)18-14-21(15-8-10-16(11-9-15)28-34(2,31)32)25-19-12-13-20-23(22(18)19)27-29(26-20)17-6-4-3-5-7-17/h3-14,28H,1-2H3. The Hall–Kier alpha value is -4.31. The van der Waals surface area contributed by atoms with Gasteiger partial charge >= 0.3 is 5.97 Å². The molecule has 0 aliphatic heterocycles. The van der Waals surface area contributed by atoms with E-state index in [0.717, 1.165) is 11.9 Å². The molecule has 10 heteroatoms. The van der Waals surface area contributed by atoms with E-state index in [2.05, 4.69) is 14.9 Å². The third kappa shape index (κ3) is 4.06. The van der Waals surface area contributed by atoms with Crippen LogP contribution in [0.2, 0.25) is 0 Å². The van der Waals surface area contributed by atoms with Gasteiger partial charge in [0.05, 0.1) is 35.8 Å². The molecule has 0 aliphatic rings. The van der Waals surface area contributed by atoms with Gasteiger partial charge in [-0.3, -0.25) is 4.72 Å². The third-order valence-electron chi connectivity index (χ3n) is 5.20. The summed E-state index contributed by atoms with van der Waals surface area (Å²) >= 11 is 0. The number of methoxy groups -OCH3 is 1. The first-order valence-electron chi connectivity index (χ1n) is 10.3. The Kier molecular flexibility index (Phi) is 5.21. The second-order valence-electron chi connectivity index (χ2n) is 7.65. The van der Waals surface area contributed by atoms with Crippen LogP contribution in [0.1, 0.15) is 10.4 Å². The zero-order valence-electron chi connectivity index (χ0n) is 18.3. The Morgan fingerprint density at radius 1 is 0.941 bits per heavy atom. The molecule has 0 saturated carbocycles. The van der Waals surface area contributed by atoms with Crippen LogP contribution in [0.5, 0.6) is 0 Å². The van der Waals surface area contributed by atoms with Gasteiger partial charge in [-0.1, -0.05) is 30.3 Å². The second-order valence-corrected chi connectivity index (χ2v) is 9.40. The van der Waals surface area contributed by atoms with Crippen LogP contribution in [0.25, 0.3) is 38.9 Å². The van der Waals surface area contributed by atoms with Crippen molar-refractivity contribution in [3.63, 3.8) is 0 Å². The van der Waals surface area contributed by atoms with Crippen molar-refractivity contribution in [1.29, 1.82) is 0 Å². The zero-order valence-corrected chi connectivity index (χ0v) is 19.1. The largest absolute Gasteiger partial charge is 0.465 e. The molecule has 5 rings (SSSR count). The first kappa shape index (κ1) is 21.5. The SMILES string of the molecule is COC(=O)c1cc(-c2ccc(NS(C)(=O)=O)cc2)nc2ccc3nn(-c4ccccc4)nc3c12. The number of rotatable bonds is 5. The highest BCUT2D eigenvalue weighted by atomic mass is 32.2. The summed E-state index contributed by atoms with van der Waals surface area (Å²) in [5, 5.41) is 9.72. The number of nitrogens with one attached hydrogen (secondary N) is 1. The summed E-state index contributed by atoms with van der Waals surface area (Å²) in [7, 11) is -2.07. The highest BCUT2D eigenvalue weighted by Gasteiger charge is 2.19. The maximum atomic E-state index is 12.8. The summed E-state index contributed by atoms with van der Waals surface area (Å²) in [5.41, 5.74) is 4.49. The maximum Gasteiger partial charge on any atom is 0.338 e. The highest BCUT2D eigenvalue weighted by Crippen LogP contribution is 2.30. The predicted molar refractivity (Wildman–Crippen MR) is 129 cm³/mol. The molecule has 0 aliphatic carbocycles. The molecule has 2 aromatic heterocycles. The van der Waals surface area contributed by atoms with Gasteiger partial charge in [0.2, 0.25) is 10.0 Å². The smallest absolute Gasteiger partial charge is 0.338 e. The van der Waals surface area contributed by atoms with Gasteiger partial charge in [-0.2, -0.15) is 4.80 Å². The molecule has 3 aromatic carbocycles. The fourth-order valence-corrected chi connectivity index (χ4v) is 4.28. The molecule has 9 nitrogen and oxygen atoms in total. The van der Waals surface area contributed by atoms with E-state index in [4.69, 9.17) is 9.72 Å². The molecule has 0 unspecified atom stereocenters. The lowest BCUT2D eigenvalue weighted by Crippen LogP contribution is -2.09. The number of carbonyl (C=O) groups excluding carboxylic acids is 1. The number of carbonyl (C=O) groups is 1. The lowest BCUT2D eigenvalue weighted by molar-refractivity contribution is 0.0603. The molecule has 0 fully saturated rings. The van der Waals surface area contributed by atoms with Crippen LogP contribution < -0.4 is 4.72 Å². The number of anilines is 1. The first-order chi connectivity index (χ1) is 16.3. The van der Waals surface area contributed by atoms with Crippen molar-refractivity contribution in [2.75, 3.05) is 18.1 Å². The number of para-hydroxylation sites is 1. The van der Waals surface area contributed by atoms with Gasteiger partial charge in [-0.25, -0.2) is 18.2 Å². The van der Waals surface area contributed by atoms with E-state index in [1.54, 1.807) is 42.5 Å². The average Bonchev–Trinajstić information content (AvgIpc) is 3.27. The van der Waals surface area contributed by atoms with Gasteiger partial charge in [0, 0.05) is 16.6 Å². The lowest BCUT2D eigenvalue weighted by atomic mass is 10.0. The van der Waals surface area contributed by atoms with Crippen molar-refractivity contribution in [3.05, 3.63) is 78.4 Å². The van der Waals surface area contributed by atoms with Crippen LogP contribution in [-0.4, -0.2) is 47.7 Å². The van der Waals surface area contributed by atoms with Gasteiger partial charge < -0.3 is 4.74 Å². The predicted octanol–water partition coefficient (Wildman–Crippen LogP) is 3.79. The summed E-state index contributed by atoms with van der Waals surface area (Å²) in [5.74, 6) is -0.522. The van der Waals surface area contributed by atoms with E-state index in [0.29, 0.717) is 44.4 Å². The fourth-order valence-electron chi connectivity index (χ4n) is 3.72. The molecule has 170 valence electrons. The van der Waals surface area contributed by atoms with Gasteiger partial charge in [0.15, 0.2) is 0 Å². The van der Waals surface area contributed by atoms with Crippen molar-refractivity contribution in [1.82, 2.24) is 20.0 Å². The monoisotopic (exact) mass is 473 g/mol. The number of sulfonamides is 1.